The average molecular weight is 400 g/mol. The molecule has 3 N–H and O–H groups in total. The molecule has 29 heavy (non-hydrogen) atoms. The van der Waals surface area contributed by atoms with E-state index < -0.39 is 23.0 Å². The minimum Gasteiger partial charge on any atom is -0.496 e. The molecule has 156 valence electrons. The van der Waals surface area contributed by atoms with E-state index in [-0.39, 0.29) is 0 Å². The molecule has 0 radical (unpaired) electrons. The Balaban J connectivity index is 2.13. The van der Waals surface area contributed by atoms with Gasteiger partial charge in [-0.25, -0.2) is 4.79 Å². The smallest absolute Gasteiger partial charge is 0.405 e. The largest absolute Gasteiger partial charge is 0.496 e. The van der Waals surface area contributed by atoms with Gasteiger partial charge in [-0.15, -0.1) is 0 Å². The number of carbonyl (C=O) groups is 2. The predicted molar refractivity (Wildman–Crippen MR) is 112 cm³/mol. The molecule has 0 bridgehead atoms. The monoisotopic (exact) mass is 400 g/mol. The molecule has 0 heterocycles. The molecule has 2 aromatic carbocycles. The Morgan fingerprint density at radius 1 is 0.966 bits per heavy atom. The minimum atomic E-state index is -1.31. The number of aryl methyl sites for hydroxylation is 1. The Kier molecular flexibility index (Phi) is 6.41. The van der Waals surface area contributed by atoms with Crippen LogP contribution in [0.5, 0.6) is 17.2 Å². The van der Waals surface area contributed by atoms with Crippen molar-refractivity contribution in [2.75, 3.05) is 12.4 Å². The molecular weight excluding hydrogens is 372 g/mol. The summed E-state index contributed by atoms with van der Waals surface area (Å²) in [5, 5.41) is 14.3. The molecular formula is C22H28N2O5. The zero-order chi connectivity index (χ0) is 21.8. The first-order chi connectivity index (χ1) is 13.5. The van der Waals surface area contributed by atoms with Crippen molar-refractivity contribution in [1.82, 2.24) is 5.32 Å². The average Bonchev–Trinajstić information content (AvgIpc) is 2.63. The molecule has 0 aliphatic carbocycles. The number of hydrogen-bond donors (Lipinski definition) is 3. The molecule has 1 atom stereocenters. The number of anilines is 1. The highest BCUT2D eigenvalue weighted by Crippen LogP contribution is 2.32. The van der Waals surface area contributed by atoms with Crippen LogP contribution in [0.1, 0.15) is 33.3 Å². The van der Waals surface area contributed by atoms with E-state index in [1.807, 2.05) is 19.1 Å². The first-order valence-electron chi connectivity index (χ1n) is 9.21. The van der Waals surface area contributed by atoms with Crippen LogP contribution in [0.4, 0.5) is 10.5 Å². The van der Waals surface area contributed by atoms with E-state index in [2.05, 4.69) is 10.6 Å². The number of amides is 2. The van der Waals surface area contributed by atoms with Crippen LogP contribution in [-0.2, 0) is 4.79 Å². The van der Waals surface area contributed by atoms with Crippen molar-refractivity contribution >= 4 is 17.7 Å². The van der Waals surface area contributed by atoms with Gasteiger partial charge in [-0.05, 0) is 55.2 Å². The number of carboxylic acid groups (broad SMARTS) is 1. The highest BCUT2D eigenvalue weighted by molar-refractivity contribution is 6.00. The first-order valence-corrected chi connectivity index (χ1v) is 9.21. The lowest BCUT2D eigenvalue weighted by Gasteiger charge is -2.40. The van der Waals surface area contributed by atoms with E-state index in [1.54, 1.807) is 65.1 Å². The molecule has 2 aromatic rings. The Morgan fingerprint density at radius 3 is 2.07 bits per heavy atom. The van der Waals surface area contributed by atoms with Gasteiger partial charge >= 0.3 is 6.09 Å². The summed E-state index contributed by atoms with van der Waals surface area (Å²) >= 11 is 0. The normalized spacial score (nSPS) is 13.2. The maximum absolute atomic E-state index is 12.8. The Labute approximate surface area is 171 Å². The second-order valence-corrected chi connectivity index (χ2v) is 8.02. The van der Waals surface area contributed by atoms with Crippen molar-refractivity contribution in [3.05, 3.63) is 48.0 Å². The maximum atomic E-state index is 12.8. The van der Waals surface area contributed by atoms with E-state index in [4.69, 9.17) is 14.6 Å². The van der Waals surface area contributed by atoms with Crippen molar-refractivity contribution in [2.45, 2.75) is 40.2 Å². The lowest BCUT2D eigenvalue weighted by atomic mass is 9.74. The van der Waals surface area contributed by atoms with Crippen molar-refractivity contribution in [3.63, 3.8) is 0 Å². The zero-order valence-electron chi connectivity index (χ0n) is 17.6. The second-order valence-electron chi connectivity index (χ2n) is 8.02. The van der Waals surface area contributed by atoms with Crippen LogP contribution in [0.3, 0.4) is 0 Å². The fourth-order valence-electron chi connectivity index (χ4n) is 2.66. The third-order valence-corrected chi connectivity index (χ3v) is 5.04. The molecule has 0 fully saturated rings. The molecule has 2 rings (SSSR count). The number of ether oxygens (including phenoxy) is 2. The lowest BCUT2D eigenvalue weighted by molar-refractivity contribution is -0.125. The van der Waals surface area contributed by atoms with Crippen LogP contribution in [0, 0.1) is 12.3 Å². The van der Waals surface area contributed by atoms with Gasteiger partial charge in [0, 0.05) is 11.8 Å². The first kappa shape index (κ1) is 22.1. The fraction of sp³-hybridized carbons (Fsp3) is 0.364. The van der Waals surface area contributed by atoms with Crippen molar-refractivity contribution in [3.8, 4) is 17.2 Å². The van der Waals surface area contributed by atoms with Gasteiger partial charge in [-0.1, -0.05) is 26.8 Å². The summed E-state index contributed by atoms with van der Waals surface area (Å²) in [6, 6.07) is 12.4. The Morgan fingerprint density at radius 2 is 1.55 bits per heavy atom. The molecule has 0 spiro atoms. The number of methoxy groups -OCH3 is 1. The molecule has 0 unspecified atom stereocenters. The van der Waals surface area contributed by atoms with Gasteiger partial charge in [-0.3, -0.25) is 4.79 Å². The van der Waals surface area contributed by atoms with Gasteiger partial charge < -0.3 is 25.2 Å². The summed E-state index contributed by atoms with van der Waals surface area (Å²) in [6.45, 7) is 8.92. The molecule has 0 aromatic heterocycles. The Hall–Kier alpha value is -3.22. The quantitative estimate of drug-likeness (QED) is 0.647. The summed E-state index contributed by atoms with van der Waals surface area (Å²) in [5.74, 6) is 1.52. The topological polar surface area (TPSA) is 96.9 Å². The van der Waals surface area contributed by atoms with Crippen LogP contribution in [0.25, 0.3) is 0 Å². The van der Waals surface area contributed by atoms with Crippen LogP contribution in [0.2, 0.25) is 0 Å². The van der Waals surface area contributed by atoms with Gasteiger partial charge in [0.25, 0.3) is 5.91 Å². The van der Waals surface area contributed by atoms with Gasteiger partial charge in [0.05, 0.1) is 7.11 Å². The van der Waals surface area contributed by atoms with Crippen LogP contribution >= 0.6 is 0 Å². The number of rotatable bonds is 6. The lowest BCUT2D eigenvalue weighted by Crippen LogP contribution is -2.61. The summed E-state index contributed by atoms with van der Waals surface area (Å²) in [7, 11) is 1.61. The van der Waals surface area contributed by atoms with Gasteiger partial charge in [0.1, 0.15) is 22.8 Å². The third-order valence-electron chi connectivity index (χ3n) is 5.04. The van der Waals surface area contributed by atoms with Crippen LogP contribution < -0.4 is 20.1 Å². The summed E-state index contributed by atoms with van der Waals surface area (Å²) < 4.78 is 11.1. The highest BCUT2D eigenvalue weighted by Gasteiger charge is 2.45. The standard InChI is InChI=1S/C22H28N2O5/c1-14-7-10-17(13-18(14)28-6)29-16-11-8-15(9-12-16)23-19(25)22(5,21(2,3)4)24-20(26)27/h7-13,24H,1-6H3,(H,23,25)(H,26,27)/t22-/m0/s1. The minimum absolute atomic E-state index is 0.440. The summed E-state index contributed by atoms with van der Waals surface area (Å²) in [6.07, 6.45) is -1.25. The van der Waals surface area contributed by atoms with Crippen LogP contribution in [-0.4, -0.2) is 29.8 Å². The summed E-state index contributed by atoms with van der Waals surface area (Å²) in [4.78, 5) is 24.0. The van der Waals surface area contributed by atoms with Crippen molar-refractivity contribution < 1.29 is 24.2 Å². The van der Waals surface area contributed by atoms with E-state index in [0.29, 0.717) is 17.2 Å². The van der Waals surface area contributed by atoms with Gasteiger partial charge in [0.15, 0.2) is 0 Å². The zero-order valence-corrected chi connectivity index (χ0v) is 17.6. The van der Waals surface area contributed by atoms with Crippen molar-refractivity contribution in [1.29, 1.82) is 0 Å². The number of benzene rings is 2. The molecule has 0 saturated heterocycles. The van der Waals surface area contributed by atoms with Crippen LogP contribution in [0.15, 0.2) is 42.5 Å². The van der Waals surface area contributed by atoms with E-state index in [0.717, 1.165) is 11.3 Å². The molecule has 0 aliphatic rings. The SMILES string of the molecule is COc1cc(Oc2ccc(NC(=O)[C@](C)(NC(=O)O)C(C)(C)C)cc2)ccc1C. The van der Waals surface area contributed by atoms with Gasteiger partial charge in [0.2, 0.25) is 0 Å². The number of carbonyl (C=O) groups excluding carboxylic acids is 1. The van der Waals surface area contributed by atoms with Gasteiger partial charge in [-0.2, -0.15) is 0 Å². The fourth-order valence-corrected chi connectivity index (χ4v) is 2.66. The molecule has 0 aliphatic heterocycles. The Bertz CT molecular complexity index is 887. The van der Waals surface area contributed by atoms with Crippen molar-refractivity contribution in [2.24, 2.45) is 5.41 Å². The number of nitrogens with one attached hydrogen (secondary N) is 2. The third kappa shape index (κ3) is 5.19. The second kappa shape index (κ2) is 8.43. The molecule has 0 saturated carbocycles. The maximum Gasteiger partial charge on any atom is 0.405 e. The molecule has 7 nitrogen and oxygen atoms in total. The molecule has 2 amide bonds. The molecule has 7 heteroatoms. The van der Waals surface area contributed by atoms with E-state index in [1.165, 1.54) is 0 Å². The predicted octanol–water partition coefficient (Wildman–Crippen LogP) is 4.81. The van der Waals surface area contributed by atoms with E-state index >= 15 is 0 Å². The van der Waals surface area contributed by atoms with E-state index in [9.17, 15) is 9.59 Å². The summed E-state index contributed by atoms with van der Waals surface area (Å²) in [5.41, 5.74) is -0.406. The number of hydrogen-bond acceptors (Lipinski definition) is 4. The highest BCUT2D eigenvalue weighted by atomic mass is 16.5.